The lowest BCUT2D eigenvalue weighted by Crippen LogP contribution is -2.14. The molecule has 1 aliphatic rings. The SMILES string of the molecule is Cc1nc2c(Cl)ccc3c2n1CCC3=O. The summed E-state index contributed by atoms with van der Waals surface area (Å²) in [5.41, 5.74) is 2.40. The Balaban J connectivity index is 2.54. The summed E-state index contributed by atoms with van der Waals surface area (Å²) in [5, 5.41) is 0.616. The number of ketones is 1. The van der Waals surface area contributed by atoms with Crippen molar-refractivity contribution in [3.63, 3.8) is 0 Å². The van der Waals surface area contributed by atoms with Gasteiger partial charge in [-0.15, -0.1) is 0 Å². The van der Waals surface area contributed by atoms with Crippen LogP contribution in [0.15, 0.2) is 12.1 Å². The molecule has 2 heterocycles. The number of carbonyl (C=O) groups excluding carboxylic acids is 1. The van der Waals surface area contributed by atoms with Gasteiger partial charge in [-0.1, -0.05) is 11.6 Å². The molecule has 15 heavy (non-hydrogen) atoms. The van der Waals surface area contributed by atoms with E-state index < -0.39 is 0 Å². The van der Waals surface area contributed by atoms with Crippen LogP contribution in [0.25, 0.3) is 11.0 Å². The average molecular weight is 221 g/mol. The summed E-state index contributed by atoms with van der Waals surface area (Å²) in [4.78, 5) is 16.1. The van der Waals surface area contributed by atoms with Crippen LogP contribution >= 0.6 is 11.6 Å². The van der Waals surface area contributed by atoms with E-state index in [0.29, 0.717) is 18.0 Å². The number of halogens is 1. The second kappa shape index (κ2) is 2.83. The van der Waals surface area contributed by atoms with Crippen LogP contribution in [0.1, 0.15) is 22.6 Å². The third kappa shape index (κ3) is 1.07. The number of carbonyl (C=O) groups is 1. The smallest absolute Gasteiger partial charge is 0.166 e. The second-order valence-corrected chi connectivity index (χ2v) is 4.18. The first kappa shape index (κ1) is 8.92. The fourth-order valence-corrected chi connectivity index (χ4v) is 2.36. The van der Waals surface area contributed by atoms with Gasteiger partial charge in [0.25, 0.3) is 0 Å². The van der Waals surface area contributed by atoms with E-state index in [4.69, 9.17) is 11.6 Å². The zero-order chi connectivity index (χ0) is 10.6. The van der Waals surface area contributed by atoms with Gasteiger partial charge in [-0.2, -0.15) is 0 Å². The first-order valence-corrected chi connectivity index (χ1v) is 5.25. The van der Waals surface area contributed by atoms with E-state index in [1.165, 1.54) is 0 Å². The summed E-state index contributed by atoms with van der Waals surface area (Å²) in [5.74, 6) is 1.11. The largest absolute Gasteiger partial charge is 0.327 e. The summed E-state index contributed by atoms with van der Waals surface area (Å²) in [6.07, 6.45) is 0.556. The Morgan fingerprint density at radius 3 is 3.07 bits per heavy atom. The van der Waals surface area contributed by atoms with Crippen LogP contribution in [-0.2, 0) is 6.54 Å². The van der Waals surface area contributed by atoms with E-state index in [2.05, 4.69) is 9.55 Å². The molecular weight excluding hydrogens is 212 g/mol. The number of Topliss-reactive ketones (excluding diaryl/α,β-unsaturated/α-hetero) is 1. The number of nitrogens with zero attached hydrogens (tertiary/aromatic N) is 2. The van der Waals surface area contributed by atoms with E-state index in [-0.39, 0.29) is 5.78 Å². The Morgan fingerprint density at radius 1 is 1.47 bits per heavy atom. The highest BCUT2D eigenvalue weighted by atomic mass is 35.5. The fourth-order valence-electron chi connectivity index (χ4n) is 2.17. The lowest BCUT2D eigenvalue weighted by atomic mass is 10.0. The van der Waals surface area contributed by atoms with Crippen LogP contribution in [0, 0.1) is 6.92 Å². The van der Waals surface area contributed by atoms with Gasteiger partial charge < -0.3 is 4.57 Å². The molecule has 0 amide bonds. The van der Waals surface area contributed by atoms with E-state index in [0.717, 1.165) is 22.4 Å². The molecule has 0 bridgehead atoms. The molecule has 3 nitrogen and oxygen atoms in total. The van der Waals surface area contributed by atoms with Crippen molar-refractivity contribution in [2.24, 2.45) is 0 Å². The lowest BCUT2D eigenvalue weighted by Gasteiger charge is -2.14. The number of benzene rings is 1. The van der Waals surface area contributed by atoms with Crippen LogP contribution in [0.3, 0.4) is 0 Å². The molecule has 4 heteroatoms. The molecule has 76 valence electrons. The van der Waals surface area contributed by atoms with Gasteiger partial charge >= 0.3 is 0 Å². The highest BCUT2D eigenvalue weighted by Crippen LogP contribution is 2.30. The van der Waals surface area contributed by atoms with Gasteiger partial charge in [-0.05, 0) is 19.1 Å². The van der Waals surface area contributed by atoms with Gasteiger partial charge in [0.1, 0.15) is 11.3 Å². The Bertz CT molecular complexity index is 586. The summed E-state index contributed by atoms with van der Waals surface area (Å²) >= 11 is 6.06. The molecule has 3 rings (SSSR count). The van der Waals surface area contributed by atoms with Gasteiger partial charge in [0.15, 0.2) is 5.78 Å². The first-order valence-electron chi connectivity index (χ1n) is 4.87. The predicted molar refractivity (Wildman–Crippen MR) is 58.4 cm³/mol. The van der Waals surface area contributed by atoms with Crippen molar-refractivity contribution >= 4 is 28.4 Å². The standard InChI is InChI=1S/C11H9ClN2O/c1-6-13-10-8(12)3-2-7-9(15)4-5-14(6)11(7)10/h2-3H,4-5H2,1H3. The molecule has 0 saturated carbocycles. The summed E-state index contributed by atoms with van der Waals surface area (Å²) < 4.78 is 2.07. The Hall–Kier alpha value is -1.35. The van der Waals surface area contributed by atoms with Crippen molar-refractivity contribution in [1.29, 1.82) is 0 Å². The number of imidazole rings is 1. The molecule has 0 radical (unpaired) electrons. The van der Waals surface area contributed by atoms with Crippen LogP contribution in [0.4, 0.5) is 0 Å². The zero-order valence-electron chi connectivity index (χ0n) is 8.25. The molecule has 1 aliphatic heterocycles. The Labute approximate surface area is 91.7 Å². The lowest BCUT2D eigenvalue weighted by molar-refractivity contribution is 0.0973. The second-order valence-electron chi connectivity index (χ2n) is 3.78. The topological polar surface area (TPSA) is 34.9 Å². The number of rotatable bonds is 0. The van der Waals surface area contributed by atoms with Gasteiger partial charge in [0, 0.05) is 18.5 Å². The maximum absolute atomic E-state index is 11.7. The van der Waals surface area contributed by atoms with Crippen LogP contribution in [0.5, 0.6) is 0 Å². The maximum atomic E-state index is 11.7. The monoisotopic (exact) mass is 220 g/mol. The van der Waals surface area contributed by atoms with Crippen molar-refractivity contribution in [2.45, 2.75) is 19.9 Å². The van der Waals surface area contributed by atoms with Gasteiger partial charge in [0.2, 0.25) is 0 Å². The number of hydrogen-bond donors (Lipinski definition) is 0. The Morgan fingerprint density at radius 2 is 2.27 bits per heavy atom. The van der Waals surface area contributed by atoms with Crippen molar-refractivity contribution in [1.82, 2.24) is 9.55 Å². The molecule has 1 aromatic heterocycles. The van der Waals surface area contributed by atoms with E-state index in [1.54, 1.807) is 12.1 Å². The fraction of sp³-hybridized carbons (Fsp3) is 0.273. The molecule has 0 unspecified atom stereocenters. The van der Waals surface area contributed by atoms with Crippen LogP contribution < -0.4 is 0 Å². The van der Waals surface area contributed by atoms with Gasteiger partial charge in [-0.3, -0.25) is 4.79 Å². The minimum absolute atomic E-state index is 0.184. The molecule has 1 aromatic carbocycles. The van der Waals surface area contributed by atoms with Crippen LogP contribution in [-0.4, -0.2) is 15.3 Å². The van der Waals surface area contributed by atoms with Crippen molar-refractivity contribution in [3.05, 3.63) is 28.5 Å². The van der Waals surface area contributed by atoms with Gasteiger partial charge in [0.05, 0.1) is 10.5 Å². The molecule has 0 saturated heterocycles. The van der Waals surface area contributed by atoms with Crippen molar-refractivity contribution in [3.8, 4) is 0 Å². The maximum Gasteiger partial charge on any atom is 0.166 e. The molecule has 0 atom stereocenters. The third-order valence-electron chi connectivity index (χ3n) is 2.90. The molecular formula is C11H9ClN2O. The molecule has 2 aromatic rings. The van der Waals surface area contributed by atoms with E-state index in [1.807, 2.05) is 6.92 Å². The summed E-state index contributed by atoms with van der Waals surface area (Å²) in [6, 6.07) is 3.54. The zero-order valence-corrected chi connectivity index (χ0v) is 9.01. The minimum Gasteiger partial charge on any atom is -0.327 e. The highest BCUT2D eigenvalue weighted by molar-refractivity contribution is 6.35. The molecule has 0 spiro atoms. The normalized spacial score (nSPS) is 14.9. The number of aryl methyl sites for hydroxylation is 2. The molecule has 0 fully saturated rings. The van der Waals surface area contributed by atoms with Crippen molar-refractivity contribution in [2.75, 3.05) is 0 Å². The van der Waals surface area contributed by atoms with Crippen LogP contribution in [0.2, 0.25) is 5.02 Å². The molecule has 0 N–H and O–H groups in total. The number of hydrogen-bond acceptors (Lipinski definition) is 2. The first-order chi connectivity index (χ1) is 7.18. The van der Waals surface area contributed by atoms with E-state index in [9.17, 15) is 4.79 Å². The Kier molecular flexibility index (Phi) is 1.68. The summed E-state index contributed by atoms with van der Waals surface area (Å²) in [6.45, 7) is 2.66. The summed E-state index contributed by atoms with van der Waals surface area (Å²) in [7, 11) is 0. The average Bonchev–Trinajstić information content (AvgIpc) is 2.54. The quantitative estimate of drug-likeness (QED) is 0.684. The number of aromatic nitrogens is 2. The third-order valence-corrected chi connectivity index (χ3v) is 3.20. The highest BCUT2D eigenvalue weighted by Gasteiger charge is 2.22. The molecule has 0 aliphatic carbocycles. The van der Waals surface area contributed by atoms with Gasteiger partial charge in [-0.25, -0.2) is 4.98 Å². The predicted octanol–water partition coefficient (Wildman–Crippen LogP) is 2.58. The minimum atomic E-state index is 0.184. The van der Waals surface area contributed by atoms with E-state index >= 15 is 0 Å². The van der Waals surface area contributed by atoms with Crippen molar-refractivity contribution < 1.29 is 4.79 Å².